The van der Waals surface area contributed by atoms with E-state index in [4.69, 9.17) is 0 Å². The average molecular weight is 318 g/mol. The summed E-state index contributed by atoms with van der Waals surface area (Å²) in [6.45, 7) is 1.85. The summed E-state index contributed by atoms with van der Waals surface area (Å²) in [6.07, 6.45) is 2.92. The van der Waals surface area contributed by atoms with E-state index >= 15 is 0 Å². The lowest BCUT2D eigenvalue weighted by molar-refractivity contribution is 0.380. The second-order valence-electron chi connectivity index (χ2n) is 4.70. The van der Waals surface area contributed by atoms with Gasteiger partial charge in [0.15, 0.2) is 0 Å². The smallest absolute Gasteiger partial charge is 0.271 e. The molecule has 0 aliphatic carbocycles. The number of halogens is 2. The fourth-order valence-electron chi connectivity index (χ4n) is 1.94. The summed E-state index contributed by atoms with van der Waals surface area (Å²) < 4.78 is 1.87. The van der Waals surface area contributed by atoms with Gasteiger partial charge in [-0.15, -0.1) is 24.8 Å². The van der Waals surface area contributed by atoms with E-state index in [1.165, 1.54) is 0 Å². The van der Waals surface area contributed by atoms with Crippen LogP contribution in [0.1, 0.15) is 6.42 Å². The zero-order valence-electron chi connectivity index (χ0n) is 11.7. The van der Waals surface area contributed by atoms with Crippen molar-refractivity contribution in [2.75, 3.05) is 20.6 Å². The van der Waals surface area contributed by atoms with Gasteiger partial charge in [-0.1, -0.05) is 30.3 Å². The summed E-state index contributed by atoms with van der Waals surface area (Å²) in [4.78, 5) is 14.0. The number of benzene rings is 1. The molecule has 2 rings (SSSR count). The van der Waals surface area contributed by atoms with Crippen molar-refractivity contribution in [3.05, 3.63) is 46.9 Å². The first-order valence-corrected chi connectivity index (χ1v) is 6.16. The minimum atomic E-state index is -0.0222. The monoisotopic (exact) mass is 317 g/mol. The lowest BCUT2D eigenvalue weighted by Gasteiger charge is -2.08. The van der Waals surface area contributed by atoms with Crippen LogP contribution in [-0.4, -0.2) is 35.3 Å². The molecule has 0 bridgehead atoms. The van der Waals surface area contributed by atoms with Gasteiger partial charge in [0.2, 0.25) is 0 Å². The summed E-state index contributed by atoms with van der Waals surface area (Å²) in [7, 11) is 4.10. The highest BCUT2D eigenvalue weighted by Crippen LogP contribution is 2.13. The molecule has 0 aliphatic rings. The number of aromatic nitrogens is 2. The molecule has 0 amide bonds. The van der Waals surface area contributed by atoms with E-state index in [0.717, 1.165) is 30.6 Å². The van der Waals surface area contributed by atoms with E-state index in [0.29, 0.717) is 0 Å². The van der Waals surface area contributed by atoms with Crippen LogP contribution in [-0.2, 0) is 6.54 Å². The Hall–Kier alpha value is -1.23. The number of aryl methyl sites for hydroxylation is 1. The van der Waals surface area contributed by atoms with Gasteiger partial charge in [0, 0.05) is 12.7 Å². The molecule has 1 aromatic carbocycles. The number of H-pyrrole nitrogens is 1. The summed E-state index contributed by atoms with van der Waals surface area (Å²) in [5.41, 5.74) is 1.68. The normalized spacial score (nSPS) is 9.95. The Kier molecular flexibility index (Phi) is 8.30. The summed E-state index contributed by atoms with van der Waals surface area (Å²) in [5, 5.41) is 2.86. The van der Waals surface area contributed by atoms with Crippen molar-refractivity contribution in [3.8, 4) is 11.1 Å². The molecular formula is C14H21Cl2N3O. The van der Waals surface area contributed by atoms with Gasteiger partial charge in [-0.3, -0.25) is 14.6 Å². The van der Waals surface area contributed by atoms with Crippen molar-refractivity contribution in [1.82, 2.24) is 14.7 Å². The van der Waals surface area contributed by atoms with Gasteiger partial charge in [0.1, 0.15) is 0 Å². The third kappa shape index (κ3) is 5.04. The molecule has 1 N–H and O–H groups in total. The Morgan fingerprint density at radius 3 is 2.40 bits per heavy atom. The highest BCUT2D eigenvalue weighted by atomic mass is 35.5. The molecule has 20 heavy (non-hydrogen) atoms. The van der Waals surface area contributed by atoms with Crippen LogP contribution in [0.25, 0.3) is 11.1 Å². The molecule has 0 unspecified atom stereocenters. The van der Waals surface area contributed by atoms with Gasteiger partial charge >= 0.3 is 0 Å². The standard InChI is InChI=1S/C14H19N3O.2ClH/c1-16(2)9-6-10-17-11-13(14(18)15-17)12-7-4-3-5-8-12;;/h3-5,7-8,11H,6,9-10H2,1-2H3,(H,15,18);2*1H. The average Bonchev–Trinajstić information content (AvgIpc) is 2.71. The van der Waals surface area contributed by atoms with Crippen molar-refractivity contribution in [2.24, 2.45) is 0 Å². The predicted octanol–water partition coefficient (Wildman–Crippen LogP) is 2.64. The number of nitrogens with one attached hydrogen (secondary N) is 1. The summed E-state index contributed by atoms with van der Waals surface area (Å²) in [6, 6.07) is 9.74. The first kappa shape index (κ1) is 18.8. The van der Waals surface area contributed by atoms with Crippen molar-refractivity contribution >= 4 is 24.8 Å². The first-order chi connectivity index (χ1) is 8.66. The number of hydrogen-bond donors (Lipinski definition) is 1. The Balaban J connectivity index is 0.00000180. The van der Waals surface area contributed by atoms with Gasteiger partial charge in [-0.2, -0.15) is 0 Å². The highest BCUT2D eigenvalue weighted by Gasteiger charge is 2.05. The first-order valence-electron chi connectivity index (χ1n) is 6.16. The maximum atomic E-state index is 11.9. The van der Waals surface area contributed by atoms with Crippen LogP contribution in [0.3, 0.4) is 0 Å². The minimum absolute atomic E-state index is 0. The third-order valence-electron chi connectivity index (χ3n) is 2.86. The minimum Gasteiger partial charge on any atom is -0.309 e. The summed E-state index contributed by atoms with van der Waals surface area (Å²) >= 11 is 0. The van der Waals surface area contributed by atoms with E-state index in [1.54, 1.807) is 0 Å². The van der Waals surface area contributed by atoms with Crippen molar-refractivity contribution in [2.45, 2.75) is 13.0 Å². The van der Waals surface area contributed by atoms with E-state index in [9.17, 15) is 4.79 Å². The van der Waals surface area contributed by atoms with Crippen molar-refractivity contribution < 1.29 is 0 Å². The van der Waals surface area contributed by atoms with Gasteiger partial charge in [-0.25, -0.2) is 0 Å². The molecule has 0 atom stereocenters. The van der Waals surface area contributed by atoms with Crippen LogP contribution in [0.15, 0.2) is 41.3 Å². The molecule has 2 aromatic rings. The maximum Gasteiger partial charge on any atom is 0.271 e. The van der Waals surface area contributed by atoms with Gasteiger partial charge in [-0.05, 0) is 32.6 Å². The topological polar surface area (TPSA) is 41.0 Å². The van der Waals surface area contributed by atoms with Crippen LogP contribution in [0, 0.1) is 0 Å². The molecule has 0 fully saturated rings. The fraction of sp³-hybridized carbons (Fsp3) is 0.357. The molecule has 6 heteroatoms. The Morgan fingerprint density at radius 2 is 1.80 bits per heavy atom. The summed E-state index contributed by atoms with van der Waals surface area (Å²) in [5.74, 6) is 0. The van der Waals surface area contributed by atoms with Gasteiger partial charge in [0.25, 0.3) is 5.56 Å². The number of nitrogens with zero attached hydrogens (tertiary/aromatic N) is 2. The number of aromatic amines is 1. The SMILES string of the molecule is CN(C)CCCn1cc(-c2ccccc2)c(=O)[nH]1.Cl.Cl. The van der Waals surface area contributed by atoms with E-state index in [-0.39, 0.29) is 30.4 Å². The molecule has 112 valence electrons. The molecule has 1 heterocycles. The largest absolute Gasteiger partial charge is 0.309 e. The van der Waals surface area contributed by atoms with Crippen LogP contribution in [0.4, 0.5) is 0 Å². The highest BCUT2D eigenvalue weighted by molar-refractivity contribution is 5.85. The molecule has 0 radical (unpaired) electrons. The molecule has 0 spiro atoms. The maximum absolute atomic E-state index is 11.9. The number of hydrogen-bond acceptors (Lipinski definition) is 2. The van der Waals surface area contributed by atoms with Crippen molar-refractivity contribution in [1.29, 1.82) is 0 Å². The van der Waals surface area contributed by atoms with E-state index in [1.807, 2.05) is 55.3 Å². The Bertz CT molecular complexity index is 549. The second kappa shape index (κ2) is 8.84. The molecule has 0 saturated heterocycles. The van der Waals surface area contributed by atoms with Crippen LogP contribution in [0.2, 0.25) is 0 Å². The molecule has 4 nitrogen and oxygen atoms in total. The fourth-order valence-corrected chi connectivity index (χ4v) is 1.94. The second-order valence-corrected chi connectivity index (χ2v) is 4.70. The number of rotatable bonds is 5. The molecule has 0 saturated carbocycles. The van der Waals surface area contributed by atoms with E-state index < -0.39 is 0 Å². The van der Waals surface area contributed by atoms with E-state index in [2.05, 4.69) is 10.00 Å². The lowest BCUT2D eigenvalue weighted by atomic mass is 10.1. The van der Waals surface area contributed by atoms with Gasteiger partial charge in [0.05, 0.1) is 5.56 Å². The molecule has 0 aliphatic heterocycles. The zero-order chi connectivity index (χ0) is 13.0. The van der Waals surface area contributed by atoms with Crippen LogP contribution >= 0.6 is 24.8 Å². The van der Waals surface area contributed by atoms with Crippen molar-refractivity contribution in [3.63, 3.8) is 0 Å². The van der Waals surface area contributed by atoms with Crippen LogP contribution < -0.4 is 5.56 Å². The predicted molar refractivity (Wildman–Crippen MR) is 88.2 cm³/mol. The van der Waals surface area contributed by atoms with Crippen LogP contribution in [0.5, 0.6) is 0 Å². The molecule has 1 aromatic heterocycles. The lowest BCUT2D eigenvalue weighted by Crippen LogP contribution is -2.15. The Morgan fingerprint density at radius 1 is 1.15 bits per heavy atom. The van der Waals surface area contributed by atoms with Gasteiger partial charge < -0.3 is 4.90 Å². The molecular weight excluding hydrogens is 297 g/mol. The quantitative estimate of drug-likeness (QED) is 0.921. The third-order valence-corrected chi connectivity index (χ3v) is 2.86. The Labute approximate surface area is 131 Å². The zero-order valence-corrected chi connectivity index (χ0v) is 13.3.